The van der Waals surface area contributed by atoms with E-state index in [4.69, 9.17) is 9.47 Å². The molecule has 0 aromatic heterocycles. The van der Waals surface area contributed by atoms with Crippen molar-refractivity contribution in [2.45, 2.75) is 200 Å². The number of hydrogen-bond donors (Lipinski definition) is 0. The van der Waals surface area contributed by atoms with Crippen molar-refractivity contribution in [3.8, 4) is 5.75 Å². The Hall–Kier alpha value is -8.68. The van der Waals surface area contributed by atoms with Crippen molar-refractivity contribution in [3.05, 3.63) is 339 Å². The van der Waals surface area contributed by atoms with E-state index in [0.29, 0.717) is 32.3 Å². The first-order valence-electron chi connectivity index (χ1n) is 40.1. The maximum absolute atomic E-state index is 13.0. The maximum atomic E-state index is 13.0. The second-order valence-corrected chi connectivity index (χ2v) is 45.4. The van der Waals surface area contributed by atoms with Gasteiger partial charge in [0.15, 0.2) is 88.3 Å². The van der Waals surface area contributed by atoms with Gasteiger partial charge in [-0.15, -0.1) is 0 Å². The van der Waals surface area contributed by atoms with Gasteiger partial charge in [-0.25, -0.2) is 30.0 Å². The summed E-state index contributed by atoms with van der Waals surface area (Å²) < 4.78 is 87.4. The summed E-state index contributed by atoms with van der Waals surface area (Å²) in [4.78, 5) is 28.8. The second-order valence-electron chi connectivity index (χ2n) is 30.8. The maximum Gasteiger partial charge on any atom is 0.337 e. The highest BCUT2D eigenvalue weighted by molar-refractivity contribution is 7.98. The number of aryl methyl sites for hydroxylation is 2. The molecule has 4 bridgehead atoms. The summed E-state index contributed by atoms with van der Waals surface area (Å²) in [7, 11) is -10.6. The molecule has 115 heavy (non-hydrogen) atoms. The van der Waals surface area contributed by atoms with Gasteiger partial charge in [0.05, 0.1) is 74.4 Å². The molecule has 12 aromatic carbocycles. The van der Waals surface area contributed by atoms with Crippen LogP contribution < -0.4 is 4.74 Å². The molecule has 6 saturated carbocycles. The normalized spacial score (nSPS) is 18.7. The molecule has 0 unspecified atom stereocenters. The summed E-state index contributed by atoms with van der Waals surface area (Å²) in [5.74, 6) is 3.32. The summed E-state index contributed by atoms with van der Waals surface area (Å²) in [5, 5.41) is -0.418. The lowest BCUT2D eigenvalue weighted by atomic mass is 9.50. The molecular formula is C99H102O9S7+4. The molecule has 0 heterocycles. The average molecular weight is 1660 g/mol. The van der Waals surface area contributed by atoms with Gasteiger partial charge < -0.3 is 9.47 Å². The highest BCUT2D eigenvalue weighted by Crippen LogP contribution is 2.59. The van der Waals surface area contributed by atoms with Crippen molar-refractivity contribution in [2.75, 3.05) is 12.9 Å². The van der Waals surface area contributed by atoms with Crippen LogP contribution in [-0.4, -0.2) is 60.2 Å². The van der Waals surface area contributed by atoms with Crippen molar-refractivity contribution in [2.24, 2.45) is 23.7 Å². The summed E-state index contributed by atoms with van der Waals surface area (Å²) in [5.41, 5.74) is 1.78. The zero-order valence-corrected chi connectivity index (χ0v) is 71.5. The van der Waals surface area contributed by atoms with E-state index in [9.17, 15) is 30.0 Å². The molecule has 12 aromatic rings. The smallest absolute Gasteiger partial charge is 0.337 e. The quantitative estimate of drug-likeness (QED) is 0.0391. The zero-order valence-electron chi connectivity index (χ0n) is 65.8. The number of sulfone groups is 3. The molecular weight excluding hydrogens is 1560 g/mol. The summed E-state index contributed by atoms with van der Waals surface area (Å²) in [6.45, 7) is 6.36. The Kier molecular flexibility index (Phi) is 27.5. The van der Waals surface area contributed by atoms with E-state index < -0.39 is 29.5 Å². The number of carbonyl (C=O) groups excluding carboxylic acids is 1. The lowest BCUT2D eigenvalue weighted by Gasteiger charge is -2.59. The van der Waals surface area contributed by atoms with Crippen molar-refractivity contribution in [3.63, 3.8) is 0 Å². The van der Waals surface area contributed by atoms with E-state index in [-0.39, 0.29) is 72.3 Å². The van der Waals surface area contributed by atoms with Crippen LogP contribution in [0.2, 0.25) is 0 Å². The Morgan fingerprint density at radius 2 is 0.574 bits per heavy atom. The van der Waals surface area contributed by atoms with Crippen LogP contribution >= 0.6 is 0 Å². The van der Waals surface area contributed by atoms with Gasteiger partial charge in [-0.2, -0.15) is 0 Å². The Morgan fingerprint density at radius 3 is 0.843 bits per heavy atom. The number of carbonyl (C=O) groups is 1. The van der Waals surface area contributed by atoms with Gasteiger partial charge in [0.2, 0.25) is 0 Å². The van der Waals surface area contributed by atoms with Crippen LogP contribution in [0.15, 0.2) is 401 Å². The van der Waals surface area contributed by atoms with E-state index in [2.05, 4.69) is 201 Å². The first-order valence-corrected chi connectivity index (χ1v) is 50.0. The Balaban J connectivity index is 0.000000129. The molecule has 6 fully saturated rings. The first-order chi connectivity index (χ1) is 55.8. The molecule has 6 aliphatic rings. The van der Waals surface area contributed by atoms with E-state index >= 15 is 0 Å². The SMILES string of the molecule is CS(=O)(=O)c1ccc([S+](c2ccccc2)c2ccccc2)cc1.Cc1cc([S+](c2ccccc2)c2ccccc2)cc(C)c1OC(=O)COC1(C)C2CC3CC(C2)CC1C3.O=S(=O)(c1ccc([S+](c2ccccc2)c2ccccc2)cc1)C1CCCC1.O=S(=O)(c1ccc([S+](c2ccccc2)c2ccccc2)cc1)C1CCCCC1. The van der Waals surface area contributed by atoms with Gasteiger partial charge in [-0.1, -0.05) is 178 Å². The molecule has 0 saturated heterocycles. The fourth-order valence-corrected chi connectivity index (χ4v) is 30.2. The third-order valence-corrected chi connectivity index (χ3v) is 37.5. The van der Waals surface area contributed by atoms with E-state index in [1.165, 1.54) is 82.4 Å². The Bertz CT molecular complexity index is 5280. The minimum absolute atomic E-state index is 0.0257. The van der Waals surface area contributed by atoms with Crippen LogP contribution in [0.5, 0.6) is 5.75 Å². The molecule has 0 aliphatic heterocycles. The van der Waals surface area contributed by atoms with Crippen molar-refractivity contribution in [1.29, 1.82) is 0 Å². The van der Waals surface area contributed by atoms with E-state index in [1.54, 1.807) is 24.3 Å². The van der Waals surface area contributed by atoms with Crippen LogP contribution in [0.1, 0.15) is 108 Å². The van der Waals surface area contributed by atoms with Crippen LogP contribution in [0.4, 0.5) is 0 Å². The van der Waals surface area contributed by atoms with Gasteiger partial charge in [0.25, 0.3) is 0 Å². The number of hydrogen-bond acceptors (Lipinski definition) is 9. The average Bonchev–Trinajstić information content (AvgIpc) is 0.893. The van der Waals surface area contributed by atoms with Crippen molar-refractivity contribution >= 4 is 79.1 Å². The minimum atomic E-state index is -3.23. The molecule has 0 atom stereocenters. The monoisotopic (exact) mass is 1660 g/mol. The molecule has 590 valence electrons. The van der Waals surface area contributed by atoms with E-state index in [0.717, 1.165) is 95.4 Å². The predicted molar refractivity (Wildman–Crippen MR) is 469 cm³/mol. The third kappa shape index (κ3) is 20.1. The van der Waals surface area contributed by atoms with Crippen molar-refractivity contribution < 1.29 is 39.5 Å². The number of benzene rings is 12. The fraction of sp³-hybridized carbons (Fsp3) is 0.263. The predicted octanol–water partition coefficient (Wildman–Crippen LogP) is 23.1. The van der Waals surface area contributed by atoms with Crippen LogP contribution in [0.25, 0.3) is 0 Å². The summed E-state index contributed by atoms with van der Waals surface area (Å²) in [6, 6.07) is 110. The zero-order chi connectivity index (χ0) is 79.9. The van der Waals surface area contributed by atoms with Crippen LogP contribution in [-0.2, 0) is 82.6 Å². The largest absolute Gasteiger partial charge is 0.424 e. The molecule has 0 N–H and O–H groups in total. The summed E-state index contributed by atoms with van der Waals surface area (Å²) >= 11 is 0. The lowest BCUT2D eigenvalue weighted by molar-refractivity contribution is -0.199. The fourth-order valence-electron chi connectivity index (χ4n) is 17.3. The molecule has 0 spiro atoms. The van der Waals surface area contributed by atoms with Gasteiger partial charge >= 0.3 is 5.97 Å². The Labute approximate surface area is 694 Å². The van der Waals surface area contributed by atoms with Crippen LogP contribution in [0.3, 0.4) is 0 Å². The highest BCUT2D eigenvalue weighted by Gasteiger charge is 2.56. The second kappa shape index (κ2) is 38.2. The topological polar surface area (TPSA) is 138 Å². The Morgan fingerprint density at radius 1 is 0.330 bits per heavy atom. The minimum Gasteiger partial charge on any atom is -0.424 e. The molecule has 18 rings (SSSR count). The first kappa shape index (κ1) is 82.8. The van der Waals surface area contributed by atoms with Crippen molar-refractivity contribution in [1.82, 2.24) is 0 Å². The standard InChI is InChI=1S/C33H37O3S.C24H25O2S2.C23H23O2S2.C19H17O2S2/c1-22-14-30(37(28-10-6-4-7-11-28)29-12-8-5-9-13-29)15-23(2)32(22)36-31(34)21-35-33(3)26-17-24-16-25(19-26)20-27(33)18-24;25-28(26,23-14-8-3-9-15-23)24-18-16-22(17-19-24)27(20-10-4-1-5-11-20)21-12-6-2-7-13-21;24-27(25,22-13-7-8-14-22)23-17-15-21(16-18-23)26(19-9-3-1-4-10-19)20-11-5-2-6-12-20;1-23(20,21)19-14-12-18(13-15-19)22(16-8-4-2-5-9-16)17-10-6-3-7-11-17/h4-15,24-27H,16-21H2,1-3H3;1-2,4-7,10-13,16-19,23H,3,8-9,14-15H2;1-6,9-12,15-18,22H,7-8,13-14H2;2-15H,1H3/q4*+1. The third-order valence-electron chi connectivity index (χ3n) is 23.0. The highest BCUT2D eigenvalue weighted by atomic mass is 32.2. The summed E-state index contributed by atoms with van der Waals surface area (Å²) in [6.07, 6.45) is 16.1. The van der Waals surface area contributed by atoms with Crippen LogP contribution in [0, 0.1) is 37.5 Å². The number of ether oxygens (including phenoxy) is 2. The van der Waals surface area contributed by atoms with Gasteiger partial charge in [-0.05, 0) is 283 Å². The van der Waals surface area contributed by atoms with Gasteiger partial charge in [0, 0.05) is 18.4 Å². The molecule has 0 amide bonds. The number of rotatable bonds is 21. The molecule has 6 aliphatic carbocycles. The lowest BCUT2D eigenvalue weighted by Crippen LogP contribution is -2.57. The van der Waals surface area contributed by atoms with Gasteiger partial charge in [-0.3, -0.25) is 0 Å². The van der Waals surface area contributed by atoms with E-state index in [1.807, 2.05) is 123 Å². The molecule has 16 heteroatoms. The molecule has 0 radical (unpaired) electrons. The molecule has 9 nitrogen and oxygen atoms in total. The number of esters is 1. The van der Waals surface area contributed by atoms with Gasteiger partial charge in [0.1, 0.15) is 12.4 Å².